The Labute approximate surface area is 179 Å². The molecule has 1 aliphatic rings. The zero-order chi connectivity index (χ0) is 20.5. The van der Waals surface area contributed by atoms with Gasteiger partial charge in [0.2, 0.25) is 0 Å². The lowest BCUT2D eigenvalue weighted by Crippen LogP contribution is -2.41. The number of aromatic nitrogens is 2. The van der Waals surface area contributed by atoms with Gasteiger partial charge in [0.25, 0.3) is 5.91 Å². The molecule has 1 aliphatic heterocycles. The number of hydrogen-bond acceptors (Lipinski definition) is 5. The van der Waals surface area contributed by atoms with E-state index in [-0.39, 0.29) is 12.0 Å². The summed E-state index contributed by atoms with van der Waals surface area (Å²) in [5, 5.41) is 2.18. The molecule has 2 aromatic heterocycles. The Morgan fingerprint density at radius 2 is 2.00 bits per heavy atom. The quantitative estimate of drug-likeness (QED) is 0.464. The van der Waals surface area contributed by atoms with Crippen molar-refractivity contribution in [1.29, 1.82) is 0 Å². The summed E-state index contributed by atoms with van der Waals surface area (Å²) in [7, 11) is 0. The maximum atomic E-state index is 13.0. The first kappa shape index (κ1) is 19.0. The molecule has 5 rings (SSSR count). The molecule has 0 aliphatic carbocycles. The van der Waals surface area contributed by atoms with Crippen molar-refractivity contribution in [2.24, 2.45) is 0 Å². The third-order valence-electron chi connectivity index (χ3n) is 5.60. The molecule has 1 amide bonds. The summed E-state index contributed by atoms with van der Waals surface area (Å²) in [5.74, 6) is 0.911. The second kappa shape index (κ2) is 8.03. The van der Waals surface area contributed by atoms with Crippen LogP contribution < -0.4 is 4.74 Å². The van der Waals surface area contributed by atoms with Gasteiger partial charge in [0.05, 0.1) is 15.2 Å². The van der Waals surface area contributed by atoms with Gasteiger partial charge in [0, 0.05) is 43.1 Å². The summed E-state index contributed by atoms with van der Waals surface area (Å²) < 4.78 is 7.35. The van der Waals surface area contributed by atoms with Crippen LogP contribution in [0.15, 0.2) is 54.7 Å². The highest BCUT2D eigenvalue weighted by Crippen LogP contribution is 2.28. The second-order valence-electron chi connectivity index (χ2n) is 7.58. The number of pyridine rings is 1. The topological polar surface area (TPSA) is 55.3 Å². The van der Waals surface area contributed by atoms with E-state index in [1.54, 1.807) is 17.5 Å². The van der Waals surface area contributed by atoms with Crippen LogP contribution in [0.5, 0.6) is 5.75 Å². The molecule has 3 heterocycles. The maximum Gasteiger partial charge on any atom is 0.253 e. The monoisotopic (exact) mass is 417 g/mol. The molecule has 0 bridgehead atoms. The van der Waals surface area contributed by atoms with E-state index >= 15 is 0 Å². The number of hydrogen-bond donors (Lipinski definition) is 0. The molecule has 30 heavy (non-hydrogen) atoms. The Kier molecular flexibility index (Phi) is 5.09. The molecule has 2 aromatic carbocycles. The van der Waals surface area contributed by atoms with Crippen LogP contribution in [-0.2, 0) is 6.42 Å². The van der Waals surface area contributed by atoms with E-state index in [4.69, 9.17) is 4.74 Å². The molecule has 5 nitrogen and oxygen atoms in total. The molecule has 0 unspecified atom stereocenters. The van der Waals surface area contributed by atoms with E-state index in [2.05, 4.69) is 16.9 Å². The summed E-state index contributed by atoms with van der Waals surface area (Å²) in [6.45, 7) is 3.50. The fourth-order valence-corrected chi connectivity index (χ4v) is 4.91. The van der Waals surface area contributed by atoms with Gasteiger partial charge in [-0.2, -0.15) is 0 Å². The van der Waals surface area contributed by atoms with Crippen molar-refractivity contribution in [3.05, 3.63) is 65.3 Å². The standard InChI is InChI=1S/C24H23N3O2S/c1-2-22-26-19-9-8-17(15-21(19)30-22)24(28)27-13-10-18(11-14-27)29-20-7-3-5-16-6-4-12-25-23(16)20/h3-9,12,15,18H,2,10-11,13-14H2,1H3. The molecule has 4 aromatic rings. The minimum atomic E-state index is 0.0913. The van der Waals surface area contributed by atoms with Crippen LogP contribution in [0.2, 0.25) is 0 Å². The van der Waals surface area contributed by atoms with Crippen LogP contribution in [0.25, 0.3) is 21.1 Å². The molecule has 0 atom stereocenters. The highest BCUT2D eigenvalue weighted by Gasteiger charge is 2.25. The maximum absolute atomic E-state index is 13.0. The Bertz CT molecular complexity index is 1210. The molecule has 152 valence electrons. The van der Waals surface area contributed by atoms with Crippen molar-refractivity contribution in [3.63, 3.8) is 0 Å². The summed E-state index contributed by atoms with van der Waals surface area (Å²) in [6, 6.07) is 15.8. The number of carbonyl (C=O) groups is 1. The van der Waals surface area contributed by atoms with Crippen LogP contribution in [-0.4, -0.2) is 40.0 Å². The highest BCUT2D eigenvalue weighted by atomic mass is 32.1. The van der Waals surface area contributed by atoms with Crippen molar-refractivity contribution in [2.75, 3.05) is 13.1 Å². The smallest absolute Gasteiger partial charge is 0.253 e. The number of piperidine rings is 1. The average Bonchev–Trinajstić information content (AvgIpc) is 3.22. The van der Waals surface area contributed by atoms with Gasteiger partial charge in [-0.15, -0.1) is 11.3 Å². The van der Waals surface area contributed by atoms with Gasteiger partial charge in [-0.3, -0.25) is 9.78 Å². The molecule has 0 radical (unpaired) electrons. The highest BCUT2D eigenvalue weighted by molar-refractivity contribution is 7.18. The number of benzene rings is 2. The van der Waals surface area contributed by atoms with Gasteiger partial charge in [0.15, 0.2) is 0 Å². The third-order valence-corrected chi connectivity index (χ3v) is 6.76. The van der Waals surface area contributed by atoms with E-state index < -0.39 is 0 Å². The van der Waals surface area contributed by atoms with E-state index in [9.17, 15) is 4.79 Å². The third kappa shape index (κ3) is 3.63. The number of nitrogens with zero attached hydrogens (tertiary/aromatic N) is 3. The SMILES string of the molecule is CCc1nc2ccc(C(=O)N3CCC(Oc4cccc5cccnc45)CC3)cc2s1. The number of amides is 1. The normalized spacial score (nSPS) is 15.0. The predicted octanol–water partition coefficient (Wildman–Crippen LogP) is 5.09. The summed E-state index contributed by atoms with van der Waals surface area (Å²) in [5.41, 5.74) is 2.61. The van der Waals surface area contributed by atoms with E-state index in [1.807, 2.05) is 53.4 Å². The average molecular weight is 418 g/mol. The fraction of sp³-hybridized carbons (Fsp3) is 0.292. The summed E-state index contributed by atoms with van der Waals surface area (Å²) in [6.07, 6.45) is 4.44. The first-order valence-corrected chi connectivity index (χ1v) is 11.2. The van der Waals surface area contributed by atoms with Crippen molar-refractivity contribution in [1.82, 2.24) is 14.9 Å². The Morgan fingerprint density at radius 1 is 1.17 bits per heavy atom. The van der Waals surface area contributed by atoms with Crippen molar-refractivity contribution in [2.45, 2.75) is 32.3 Å². The zero-order valence-electron chi connectivity index (χ0n) is 16.9. The van der Waals surface area contributed by atoms with Gasteiger partial charge in [-0.1, -0.05) is 25.1 Å². The molecule has 0 N–H and O–H groups in total. The Hall–Kier alpha value is -2.99. The molecule has 0 saturated carbocycles. The number of aryl methyl sites for hydroxylation is 1. The van der Waals surface area contributed by atoms with Gasteiger partial charge < -0.3 is 9.64 Å². The largest absolute Gasteiger partial charge is 0.488 e. The van der Waals surface area contributed by atoms with Crippen LogP contribution in [0.1, 0.15) is 35.1 Å². The summed E-state index contributed by atoms with van der Waals surface area (Å²) >= 11 is 1.67. The lowest BCUT2D eigenvalue weighted by Gasteiger charge is -2.32. The molecule has 0 spiro atoms. The van der Waals surface area contributed by atoms with Gasteiger partial charge >= 0.3 is 0 Å². The molecular formula is C24H23N3O2S. The number of fused-ring (bicyclic) bond motifs is 2. The van der Waals surface area contributed by atoms with Crippen LogP contribution in [0.3, 0.4) is 0 Å². The minimum absolute atomic E-state index is 0.0913. The number of rotatable bonds is 4. The Balaban J connectivity index is 1.26. The van der Waals surface area contributed by atoms with E-state index in [0.717, 1.165) is 56.7 Å². The number of para-hydroxylation sites is 1. The summed E-state index contributed by atoms with van der Waals surface area (Å²) in [4.78, 5) is 24.0. The molecule has 1 fully saturated rings. The van der Waals surface area contributed by atoms with Crippen LogP contribution in [0.4, 0.5) is 0 Å². The van der Waals surface area contributed by atoms with Crippen molar-refractivity contribution in [3.8, 4) is 5.75 Å². The van der Waals surface area contributed by atoms with E-state index in [0.29, 0.717) is 13.1 Å². The molecule has 1 saturated heterocycles. The second-order valence-corrected chi connectivity index (χ2v) is 8.70. The molecule has 6 heteroatoms. The first-order chi connectivity index (χ1) is 14.7. The first-order valence-electron chi connectivity index (χ1n) is 10.4. The van der Waals surface area contributed by atoms with Gasteiger partial charge in [-0.25, -0.2) is 4.98 Å². The fourth-order valence-electron chi connectivity index (χ4n) is 3.97. The predicted molar refractivity (Wildman–Crippen MR) is 120 cm³/mol. The molecular weight excluding hydrogens is 394 g/mol. The lowest BCUT2D eigenvalue weighted by molar-refractivity contribution is 0.0598. The van der Waals surface area contributed by atoms with E-state index in [1.165, 1.54) is 0 Å². The number of carbonyl (C=O) groups excluding carboxylic acids is 1. The van der Waals surface area contributed by atoms with Gasteiger partial charge in [-0.05, 0) is 36.8 Å². The van der Waals surface area contributed by atoms with Crippen LogP contribution in [0, 0.1) is 0 Å². The van der Waals surface area contributed by atoms with Gasteiger partial charge in [0.1, 0.15) is 17.4 Å². The number of likely N-dealkylation sites (tertiary alicyclic amines) is 1. The zero-order valence-corrected chi connectivity index (χ0v) is 17.7. The Morgan fingerprint density at radius 3 is 2.83 bits per heavy atom. The van der Waals surface area contributed by atoms with Crippen molar-refractivity contribution >= 4 is 38.4 Å². The number of ether oxygens (including phenoxy) is 1. The van der Waals surface area contributed by atoms with Crippen molar-refractivity contribution < 1.29 is 9.53 Å². The lowest BCUT2D eigenvalue weighted by atomic mass is 10.1. The minimum Gasteiger partial charge on any atom is -0.488 e. The number of thiazole rings is 1. The van der Waals surface area contributed by atoms with Crippen LogP contribution >= 0.6 is 11.3 Å².